The molecule has 1 N–H and O–H groups in total. The first kappa shape index (κ1) is 13.0. The molecule has 1 amide bonds. The van der Waals surface area contributed by atoms with Crippen LogP contribution in [0.5, 0.6) is 0 Å². The molecule has 0 saturated carbocycles. The molecular formula is C10H20N2O2. The number of hydrogen-bond acceptors (Lipinski definition) is 3. The molecule has 14 heavy (non-hydrogen) atoms. The van der Waals surface area contributed by atoms with Crippen LogP contribution in [0.4, 0.5) is 4.79 Å². The first-order valence-electron chi connectivity index (χ1n) is 5.03. The summed E-state index contributed by atoms with van der Waals surface area (Å²) in [6, 6.07) is 0. The number of rotatable bonds is 1. The minimum Gasteiger partial charge on any atom is -0.419 e. The van der Waals surface area contributed by atoms with Gasteiger partial charge in [-0.3, -0.25) is 0 Å². The Morgan fingerprint density at radius 3 is 2.43 bits per heavy atom. The molecule has 1 aliphatic heterocycles. The molecule has 0 aromatic carbocycles. The number of nitrogens with one attached hydrogen (secondary N) is 1. The Kier molecular flexibility index (Phi) is 7.93. The monoisotopic (exact) mass is 200 g/mol. The maximum atomic E-state index is 11.0. The molecule has 82 valence electrons. The lowest BCUT2D eigenvalue weighted by Crippen LogP contribution is -2.46. The van der Waals surface area contributed by atoms with E-state index in [1.165, 1.54) is 6.42 Å². The molecule has 1 rings (SSSR count). The highest BCUT2D eigenvalue weighted by molar-refractivity contribution is 5.68. The van der Waals surface area contributed by atoms with Gasteiger partial charge in [0.2, 0.25) is 0 Å². The summed E-state index contributed by atoms with van der Waals surface area (Å²) in [4.78, 5) is 12.7. The molecule has 1 saturated heterocycles. The van der Waals surface area contributed by atoms with Crippen molar-refractivity contribution in [3.05, 3.63) is 12.8 Å². The Morgan fingerprint density at radius 1 is 1.50 bits per heavy atom. The third-order valence-corrected chi connectivity index (χ3v) is 1.56. The summed E-state index contributed by atoms with van der Waals surface area (Å²) in [5.74, 6) is 0. The van der Waals surface area contributed by atoms with Crippen LogP contribution in [0, 0.1) is 0 Å². The summed E-state index contributed by atoms with van der Waals surface area (Å²) in [5, 5.41) is 3.14. The number of carbonyl (C=O) groups excluding carboxylic acids is 1. The van der Waals surface area contributed by atoms with E-state index in [0.717, 1.165) is 19.4 Å². The zero-order valence-electron chi connectivity index (χ0n) is 9.08. The molecule has 0 unspecified atom stereocenters. The molecule has 4 nitrogen and oxygen atoms in total. The molecule has 4 heteroatoms. The van der Waals surface area contributed by atoms with Gasteiger partial charge in [0.15, 0.2) is 0 Å². The molecule has 0 bridgehead atoms. The van der Waals surface area contributed by atoms with Gasteiger partial charge in [-0.05, 0) is 0 Å². The molecule has 1 heterocycles. The second kappa shape index (κ2) is 8.56. The largest absolute Gasteiger partial charge is 0.419 e. The van der Waals surface area contributed by atoms with Gasteiger partial charge < -0.3 is 15.0 Å². The van der Waals surface area contributed by atoms with Crippen molar-refractivity contribution in [1.29, 1.82) is 0 Å². The number of amides is 1. The normalized spacial score (nSPS) is 15.1. The Bertz CT molecular complexity index is 166. The van der Waals surface area contributed by atoms with E-state index in [-0.39, 0.29) is 6.09 Å². The summed E-state index contributed by atoms with van der Waals surface area (Å²) >= 11 is 0. The number of ether oxygens (including phenoxy) is 1. The minimum atomic E-state index is -0.304. The fourth-order valence-corrected chi connectivity index (χ4v) is 0.993. The second-order valence-corrected chi connectivity index (χ2v) is 2.99. The topological polar surface area (TPSA) is 41.6 Å². The fraction of sp³-hybridized carbons (Fsp3) is 0.700. The average Bonchev–Trinajstić information content (AvgIpc) is 2.21. The Hall–Kier alpha value is -1.03. The van der Waals surface area contributed by atoms with E-state index in [0.29, 0.717) is 13.1 Å². The SMILES string of the molecule is C=COC(=O)N1CCNCC1.CCC. The van der Waals surface area contributed by atoms with Crippen LogP contribution in [-0.4, -0.2) is 37.2 Å². The zero-order valence-corrected chi connectivity index (χ0v) is 9.08. The molecule has 0 atom stereocenters. The number of nitrogens with zero attached hydrogens (tertiary/aromatic N) is 1. The van der Waals surface area contributed by atoms with Gasteiger partial charge in [-0.2, -0.15) is 0 Å². The standard InChI is InChI=1S/C7H12N2O2.C3H8/c1-2-11-7(10)9-5-3-8-4-6-9;1-3-2/h2,8H,1,3-6H2;3H2,1-2H3. The Morgan fingerprint density at radius 2 is 2.00 bits per heavy atom. The maximum Gasteiger partial charge on any atom is 0.414 e. The minimum absolute atomic E-state index is 0.304. The predicted molar refractivity (Wildman–Crippen MR) is 57.1 cm³/mol. The van der Waals surface area contributed by atoms with Crippen molar-refractivity contribution in [2.75, 3.05) is 26.2 Å². The van der Waals surface area contributed by atoms with Crippen LogP contribution in [0.3, 0.4) is 0 Å². The smallest absolute Gasteiger partial charge is 0.414 e. The molecule has 0 spiro atoms. The van der Waals surface area contributed by atoms with Crippen LogP contribution in [0.1, 0.15) is 20.3 Å². The van der Waals surface area contributed by atoms with Crippen molar-refractivity contribution in [2.45, 2.75) is 20.3 Å². The van der Waals surface area contributed by atoms with Crippen molar-refractivity contribution in [2.24, 2.45) is 0 Å². The summed E-state index contributed by atoms with van der Waals surface area (Å²) < 4.78 is 4.60. The van der Waals surface area contributed by atoms with Crippen molar-refractivity contribution >= 4 is 6.09 Å². The van der Waals surface area contributed by atoms with Crippen LogP contribution in [0.25, 0.3) is 0 Å². The number of piperazine rings is 1. The van der Waals surface area contributed by atoms with E-state index in [4.69, 9.17) is 0 Å². The number of hydrogen-bond donors (Lipinski definition) is 1. The van der Waals surface area contributed by atoms with E-state index >= 15 is 0 Å². The molecule has 0 aliphatic carbocycles. The van der Waals surface area contributed by atoms with Gasteiger partial charge in [0, 0.05) is 26.2 Å². The van der Waals surface area contributed by atoms with E-state index in [1.807, 2.05) is 0 Å². The first-order valence-corrected chi connectivity index (χ1v) is 5.03. The van der Waals surface area contributed by atoms with Gasteiger partial charge in [0.05, 0.1) is 6.26 Å². The highest BCUT2D eigenvalue weighted by Gasteiger charge is 2.15. The van der Waals surface area contributed by atoms with Crippen LogP contribution in [0.2, 0.25) is 0 Å². The molecule has 1 fully saturated rings. The van der Waals surface area contributed by atoms with Crippen LogP contribution in [-0.2, 0) is 4.74 Å². The molecular weight excluding hydrogens is 180 g/mol. The van der Waals surface area contributed by atoms with Crippen LogP contribution in [0.15, 0.2) is 12.8 Å². The van der Waals surface area contributed by atoms with Gasteiger partial charge in [0.1, 0.15) is 0 Å². The van der Waals surface area contributed by atoms with Crippen molar-refractivity contribution in [3.63, 3.8) is 0 Å². The molecule has 0 radical (unpaired) electrons. The Balaban J connectivity index is 0.000000500. The van der Waals surface area contributed by atoms with Gasteiger partial charge in [0.25, 0.3) is 0 Å². The van der Waals surface area contributed by atoms with E-state index < -0.39 is 0 Å². The van der Waals surface area contributed by atoms with Crippen molar-refractivity contribution < 1.29 is 9.53 Å². The van der Waals surface area contributed by atoms with Crippen LogP contribution >= 0.6 is 0 Å². The quantitative estimate of drug-likeness (QED) is 0.653. The maximum absolute atomic E-state index is 11.0. The molecule has 1 aliphatic rings. The van der Waals surface area contributed by atoms with E-state index in [9.17, 15) is 4.79 Å². The second-order valence-electron chi connectivity index (χ2n) is 2.99. The zero-order chi connectivity index (χ0) is 10.8. The predicted octanol–water partition coefficient (Wildman–Crippen LogP) is 1.59. The highest BCUT2D eigenvalue weighted by Crippen LogP contribution is 1.95. The van der Waals surface area contributed by atoms with Gasteiger partial charge in [-0.15, -0.1) is 0 Å². The average molecular weight is 200 g/mol. The van der Waals surface area contributed by atoms with Crippen LogP contribution < -0.4 is 5.32 Å². The van der Waals surface area contributed by atoms with Gasteiger partial charge >= 0.3 is 6.09 Å². The van der Waals surface area contributed by atoms with Crippen molar-refractivity contribution in [1.82, 2.24) is 10.2 Å². The number of carbonyl (C=O) groups is 1. The first-order chi connectivity index (χ1) is 6.76. The summed E-state index contributed by atoms with van der Waals surface area (Å²) in [5.41, 5.74) is 0. The Labute approximate surface area is 85.9 Å². The van der Waals surface area contributed by atoms with E-state index in [2.05, 4.69) is 30.5 Å². The van der Waals surface area contributed by atoms with E-state index in [1.54, 1.807) is 4.90 Å². The lowest BCUT2D eigenvalue weighted by Gasteiger charge is -2.25. The summed E-state index contributed by atoms with van der Waals surface area (Å²) in [6.07, 6.45) is 2.10. The molecule has 0 aromatic rings. The summed E-state index contributed by atoms with van der Waals surface area (Å²) in [7, 11) is 0. The third kappa shape index (κ3) is 5.59. The lowest BCUT2D eigenvalue weighted by molar-refractivity contribution is 0.131. The van der Waals surface area contributed by atoms with Gasteiger partial charge in [-0.1, -0.05) is 26.8 Å². The van der Waals surface area contributed by atoms with Crippen molar-refractivity contribution in [3.8, 4) is 0 Å². The fourth-order valence-electron chi connectivity index (χ4n) is 0.993. The highest BCUT2D eigenvalue weighted by atomic mass is 16.5. The summed E-state index contributed by atoms with van der Waals surface area (Å²) in [6.45, 7) is 10.7. The van der Waals surface area contributed by atoms with Gasteiger partial charge in [-0.25, -0.2) is 4.79 Å². The third-order valence-electron chi connectivity index (χ3n) is 1.56. The molecule has 0 aromatic heterocycles. The lowest BCUT2D eigenvalue weighted by atomic mass is 10.4.